The molecule has 1 aromatic carbocycles. The minimum atomic E-state index is -3.79. The molecular weight excluding hydrogens is 393 g/mol. The van der Waals surface area contributed by atoms with Gasteiger partial charge in [0.05, 0.1) is 10.3 Å². The number of halogens is 2. The lowest BCUT2D eigenvalue weighted by atomic mass is 10.1. The number of rotatable bonds is 3. The van der Waals surface area contributed by atoms with Crippen molar-refractivity contribution in [1.29, 1.82) is 0 Å². The number of sulfonamides is 1. The molecule has 0 saturated carbocycles. The molecule has 2 saturated heterocycles. The molecule has 24 heavy (non-hydrogen) atoms. The Labute approximate surface area is 152 Å². The van der Waals surface area contributed by atoms with Crippen molar-refractivity contribution in [2.45, 2.75) is 54.8 Å². The van der Waals surface area contributed by atoms with Crippen LogP contribution in [0.25, 0.3) is 0 Å². The van der Waals surface area contributed by atoms with Gasteiger partial charge in [-0.2, -0.15) is 4.31 Å². The van der Waals surface area contributed by atoms with E-state index in [2.05, 4.69) is 0 Å². The van der Waals surface area contributed by atoms with Crippen molar-refractivity contribution in [3.05, 3.63) is 27.7 Å². The second-order valence-corrected chi connectivity index (χ2v) is 11.6. The molecule has 2 fully saturated rings. The van der Waals surface area contributed by atoms with Crippen LogP contribution in [0.2, 0.25) is 10.0 Å². The van der Waals surface area contributed by atoms with Crippen LogP contribution in [0, 0.1) is 6.92 Å². The van der Waals surface area contributed by atoms with Gasteiger partial charge < -0.3 is 0 Å². The van der Waals surface area contributed by atoms with Gasteiger partial charge in [-0.05, 0) is 50.3 Å². The topological polar surface area (TPSA) is 71.5 Å². The molecule has 2 atom stereocenters. The predicted molar refractivity (Wildman–Crippen MR) is 94.9 cm³/mol. The summed E-state index contributed by atoms with van der Waals surface area (Å²) in [7, 11) is -6.96. The molecule has 2 bridgehead atoms. The Morgan fingerprint density at radius 1 is 1.00 bits per heavy atom. The van der Waals surface area contributed by atoms with Gasteiger partial charge in [0.1, 0.15) is 14.7 Å². The summed E-state index contributed by atoms with van der Waals surface area (Å²) in [6.07, 6.45) is 3.28. The van der Waals surface area contributed by atoms with Crippen LogP contribution in [0.3, 0.4) is 0 Å². The lowest BCUT2D eigenvalue weighted by molar-refractivity contribution is 0.249. The molecule has 5 nitrogen and oxygen atoms in total. The Morgan fingerprint density at radius 3 is 2.04 bits per heavy atom. The molecule has 0 radical (unpaired) electrons. The van der Waals surface area contributed by atoms with E-state index in [4.69, 9.17) is 23.2 Å². The SMILES string of the molecule is Cc1cc(S(=O)(=O)N2C3CCC2CC(S(C)(=O)=O)C3)c(Cl)cc1Cl. The molecule has 9 heteroatoms. The van der Waals surface area contributed by atoms with Gasteiger partial charge in [-0.3, -0.25) is 0 Å². The van der Waals surface area contributed by atoms with Crippen LogP contribution in [0.4, 0.5) is 0 Å². The smallest absolute Gasteiger partial charge is 0.229 e. The van der Waals surface area contributed by atoms with Crippen molar-refractivity contribution in [2.24, 2.45) is 0 Å². The Hall–Kier alpha value is -0.340. The first-order valence-electron chi connectivity index (χ1n) is 7.70. The van der Waals surface area contributed by atoms with E-state index in [1.165, 1.54) is 22.7 Å². The van der Waals surface area contributed by atoms with E-state index < -0.39 is 25.1 Å². The molecule has 2 unspecified atom stereocenters. The largest absolute Gasteiger partial charge is 0.245 e. The molecule has 0 spiro atoms. The fourth-order valence-corrected chi connectivity index (χ4v) is 7.61. The van der Waals surface area contributed by atoms with Crippen molar-refractivity contribution in [3.63, 3.8) is 0 Å². The Kier molecular flexibility index (Phi) is 4.71. The van der Waals surface area contributed by atoms with Gasteiger partial charge >= 0.3 is 0 Å². The summed E-state index contributed by atoms with van der Waals surface area (Å²) < 4.78 is 51.5. The number of sulfone groups is 1. The summed E-state index contributed by atoms with van der Waals surface area (Å²) in [6, 6.07) is 2.35. The van der Waals surface area contributed by atoms with Gasteiger partial charge in [0.25, 0.3) is 0 Å². The van der Waals surface area contributed by atoms with E-state index in [-0.39, 0.29) is 22.0 Å². The molecule has 3 rings (SSSR count). The van der Waals surface area contributed by atoms with E-state index >= 15 is 0 Å². The van der Waals surface area contributed by atoms with Crippen LogP contribution in [0.15, 0.2) is 17.0 Å². The minimum absolute atomic E-state index is 0.0424. The van der Waals surface area contributed by atoms with Crippen LogP contribution in [0.1, 0.15) is 31.2 Å². The van der Waals surface area contributed by atoms with Crippen molar-refractivity contribution >= 4 is 43.1 Å². The van der Waals surface area contributed by atoms with E-state index in [1.807, 2.05) is 0 Å². The number of piperidine rings is 1. The van der Waals surface area contributed by atoms with E-state index in [9.17, 15) is 16.8 Å². The highest BCUT2D eigenvalue weighted by atomic mass is 35.5. The first kappa shape index (κ1) is 18.5. The average Bonchev–Trinajstić information content (AvgIpc) is 2.73. The van der Waals surface area contributed by atoms with E-state index in [1.54, 1.807) is 6.92 Å². The van der Waals surface area contributed by atoms with Gasteiger partial charge in [0.15, 0.2) is 0 Å². The van der Waals surface area contributed by atoms with Crippen LogP contribution in [0.5, 0.6) is 0 Å². The number of benzene rings is 1. The summed E-state index contributed by atoms with van der Waals surface area (Å²) >= 11 is 12.1. The summed E-state index contributed by atoms with van der Waals surface area (Å²) in [6.45, 7) is 1.72. The van der Waals surface area contributed by atoms with Crippen LogP contribution >= 0.6 is 23.2 Å². The Bertz CT molecular complexity index is 869. The van der Waals surface area contributed by atoms with Crippen LogP contribution in [-0.4, -0.2) is 44.7 Å². The number of aryl methyl sites for hydroxylation is 1. The van der Waals surface area contributed by atoms with Crippen LogP contribution < -0.4 is 0 Å². The van der Waals surface area contributed by atoms with Crippen molar-refractivity contribution < 1.29 is 16.8 Å². The maximum atomic E-state index is 13.1. The minimum Gasteiger partial charge on any atom is -0.229 e. The summed E-state index contributed by atoms with van der Waals surface area (Å²) in [5, 5.41) is 0.0387. The van der Waals surface area contributed by atoms with Crippen molar-refractivity contribution in [3.8, 4) is 0 Å². The zero-order valence-corrected chi connectivity index (χ0v) is 16.5. The van der Waals surface area contributed by atoms with Gasteiger partial charge in [0.2, 0.25) is 10.0 Å². The third-order valence-electron chi connectivity index (χ3n) is 5.00. The molecule has 1 aromatic rings. The second-order valence-electron chi connectivity index (χ2n) is 6.67. The molecule has 2 aliphatic rings. The zero-order chi connectivity index (χ0) is 17.9. The van der Waals surface area contributed by atoms with Gasteiger partial charge in [-0.25, -0.2) is 16.8 Å². The Balaban J connectivity index is 2.00. The summed E-state index contributed by atoms with van der Waals surface area (Å²) in [5.74, 6) is 0. The first-order valence-corrected chi connectivity index (χ1v) is 11.8. The highest BCUT2D eigenvalue weighted by Crippen LogP contribution is 2.43. The number of hydrogen-bond donors (Lipinski definition) is 0. The number of fused-ring (bicyclic) bond motifs is 2. The van der Waals surface area contributed by atoms with Crippen LogP contribution in [-0.2, 0) is 19.9 Å². The monoisotopic (exact) mass is 411 g/mol. The second kappa shape index (κ2) is 6.13. The van der Waals surface area contributed by atoms with Gasteiger partial charge in [-0.1, -0.05) is 23.2 Å². The predicted octanol–water partition coefficient (Wildman–Crippen LogP) is 3.03. The lowest BCUT2D eigenvalue weighted by Crippen LogP contribution is -2.49. The highest BCUT2D eigenvalue weighted by Gasteiger charge is 2.49. The standard InChI is InChI=1S/C15H19Cl2NO4S2/c1-9-5-15(14(17)8-13(9)16)24(21,22)18-10-3-4-11(18)7-12(6-10)23(2,19)20/h5,8,10-12H,3-4,6-7H2,1-2H3. The first-order chi connectivity index (χ1) is 11.0. The van der Waals surface area contributed by atoms with Gasteiger partial charge in [0, 0.05) is 23.4 Å². The van der Waals surface area contributed by atoms with E-state index in [0.29, 0.717) is 36.3 Å². The maximum absolute atomic E-state index is 13.1. The highest BCUT2D eigenvalue weighted by molar-refractivity contribution is 7.91. The third-order valence-corrected chi connectivity index (χ3v) is 9.47. The molecule has 0 amide bonds. The number of nitrogens with zero attached hydrogens (tertiary/aromatic N) is 1. The fraction of sp³-hybridized carbons (Fsp3) is 0.600. The fourth-order valence-electron chi connectivity index (χ4n) is 3.77. The zero-order valence-electron chi connectivity index (χ0n) is 13.4. The molecule has 2 heterocycles. The van der Waals surface area contributed by atoms with E-state index in [0.717, 1.165) is 0 Å². The molecular formula is C15H19Cl2NO4S2. The molecule has 2 aliphatic heterocycles. The summed E-state index contributed by atoms with van der Waals surface area (Å²) in [4.78, 5) is 0.0424. The number of hydrogen-bond acceptors (Lipinski definition) is 4. The third kappa shape index (κ3) is 3.09. The Morgan fingerprint density at radius 2 is 1.54 bits per heavy atom. The normalized spacial score (nSPS) is 28.2. The quantitative estimate of drug-likeness (QED) is 0.765. The van der Waals surface area contributed by atoms with Gasteiger partial charge in [-0.15, -0.1) is 0 Å². The molecule has 0 N–H and O–H groups in total. The maximum Gasteiger partial charge on any atom is 0.245 e. The molecule has 134 valence electrons. The lowest BCUT2D eigenvalue weighted by Gasteiger charge is -2.37. The molecule has 0 aromatic heterocycles. The van der Waals surface area contributed by atoms with Crippen molar-refractivity contribution in [1.82, 2.24) is 4.31 Å². The average molecular weight is 412 g/mol. The molecule has 0 aliphatic carbocycles. The van der Waals surface area contributed by atoms with Crippen molar-refractivity contribution in [2.75, 3.05) is 6.26 Å². The summed E-state index contributed by atoms with van der Waals surface area (Å²) in [5.41, 5.74) is 0.637.